The van der Waals surface area contributed by atoms with Crippen LogP contribution in [0.15, 0.2) is 23.2 Å². The number of nitrogens with zero attached hydrogens (tertiary/aromatic N) is 1. The molecule has 1 unspecified atom stereocenters. The zero-order valence-corrected chi connectivity index (χ0v) is 17.3. The highest BCUT2D eigenvalue weighted by atomic mass is 16.5. The van der Waals surface area contributed by atoms with Crippen LogP contribution >= 0.6 is 0 Å². The third-order valence-corrected chi connectivity index (χ3v) is 4.00. The van der Waals surface area contributed by atoms with Gasteiger partial charge in [-0.05, 0) is 37.0 Å². The third-order valence-electron chi connectivity index (χ3n) is 4.00. The van der Waals surface area contributed by atoms with Crippen molar-refractivity contribution in [2.24, 2.45) is 10.4 Å². The van der Waals surface area contributed by atoms with Crippen molar-refractivity contribution in [1.82, 2.24) is 10.6 Å². The van der Waals surface area contributed by atoms with Crippen LogP contribution in [0.4, 0.5) is 0 Å². The largest absolute Gasteiger partial charge is 0.493 e. The van der Waals surface area contributed by atoms with Crippen molar-refractivity contribution in [3.8, 4) is 11.5 Å². The number of ether oxygens (including phenoxy) is 3. The van der Waals surface area contributed by atoms with Gasteiger partial charge in [0.1, 0.15) is 0 Å². The van der Waals surface area contributed by atoms with E-state index in [2.05, 4.69) is 43.3 Å². The predicted octanol–water partition coefficient (Wildman–Crippen LogP) is 3.21. The fraction of sp³-hybridized carbons (Fsp3) is 0.650. The van der Waals surface area contributed by atoms with Crippen LogP contribution in [0.1, 0.15) is 40.2 Å². The molecule has 26 heavy (non-hydrogen) atoms. The number of aliphatic imine (C=N–C) groups is 1. The van der Waals surface area contributed by atoms with Crippen LogP contribution in [0.3, 0.4) is 0 Å². The van der Waals surface area contributed by atoms with Crippen molar-refractivity contribution < 1.29 is 14.2 Å². The van der Waals surface area contributed by atoms with Crippen molar-refractivity contribution in [3.05, 3.63) is 23.8 Å². The summed E-state index contributed by atoms with van der Waals surface area (Å²) in [4.78, 5) is 4.67. The van der Waals surface area contributed by atoms with Crippen LogP contribution in [-0.2, 0) is 11.3 Å². The van der Waals surface area contributed by atoms with Gasteiger partial charge in [-0.15, -0.1) is 0 Å². The van der Waals surface area contributed by atoms with E-state index in [1.807, 2.05) is 25.1 Å². The third kappa shape index (κ3) is 7.12. The zero-order chi connectivity index (χ0) is 19.6. The molecule has 0 heterocycles. The minimum Gasteiger partial charge on any atom is -0.493 e. The molecule has 0 amide bonds. The number of hydrogen-bond donors (Lipinski definition) is 2. The molecular weight excluding hydrogens is 330 g/mol. The summed E-state index contributed by atoms with van der Waals surface area (Å²) >= 11 is 0. The summed E-state index contributed by atoms with van der Waals surface area (Å²) in [6.45, 7) is 13.1. The van der Waals surface area contributed by atoms with Gasteiger partial charge in [-0.1, -0.05) is 26.8 Å². The lowest BCUT2D eigenvalue weighted by atomic mass is 9.89. The van der Waals surface area contributed by atoms with Crippen LogP contribution < -0.4 is 20.1 Å². The monoisotopic (exact) mass is 365 g/mol. The zero-order valence-electron chi connectivity index (χ0n) is 17.3. The number of hydrogen-bond acceptors (Lipinski definition) is 4. The molecule has 0 saturated heterocycles. The Morgan fingerprint density at radius 1 is 1.12 bits per heavy atom. The summed E-state index contributed by atoms with van der Waals surface area (Å²) in [6.07, 6.45) is 0.0944. The first-order valence-electron chi connectivity index (χ1n) is 9.20. The Kier molecular flexibility index (Phi) is 9.27. The van der Waals surface area contributed by atoms with E-state index in [-0.39, 0.29) is 11.5 Å². The molecule has 0 fully saturated rings. The van der Waals surface area contributed by atoms with Crippen LogP contribution in [0, 0.1) is 5.41 Å². The van der Waals surface area contributed by atoms with Gasteiger partial charge in [0.25, 0.3) is 0 Å². The second-order valence-electron chi connectivity index (χ2n) is 7.08. The highest BCUT2D eigenvalue weighted by molar-refractivity contribution is 5.79. The van der Waals surface area contributed by atoms with E-state index in [1.54, 1.807) is 14.2 Å². The van der Waals surface area contributed by atoms with Crippen LogP contribution in [0.25, 0.3) is 0 Å². The topological polar surface area (TPSA) is 64.1 Å². The fourth-order valence-electron chi connectivity index (χ4n) is 2.53. The highest BCUT2D eigenvalue weighted by Crippen LogP contribution is 2.28. The molecule has 1 rings (SSSR count). The average molecular weight is 366 g/mol. The van der Waals surface area contributed by atoms with E-state index in [0.717, 1.165) is 29.6 Å². The Labute approximate surface area is 158 Å². The van der Waals surface area contributed by atoms with Gasteiger partial charge in [-0.2, -0.15) is 0 Å². The Hall–Kier alpha value is -1.95. The summed E-state index contributed by atoms with van der Waals surface area (Å²) in [5.41, 5.74) is 1.12. The van der Waals surface area contributed by atoms with E-state index in [9.17, 15) is 0 Å². The minimum atomic E-state index is 0.0570. The Bertz CT molecular complexity index is 568. The van der Waals surface area contributed by atoms with E-state index >= 15 is 0 Å². The summed E-state index contributed by atoms with van der Waals surface area (Å²) in [5.74, 6) is 2.25. The van der Waals surface area contributed by atoms with Gasteiger partial charge in [-0.25, -0.2) is 4.99 Å². The summed E-state index contributed by atoms with van der Waals surface area (Å²) in [6, 6.07) is 5.89. The SMILES string of the molecule is CCNC(=NCc1ccc(OC)c(OCC)c1)NCC(OC)C(C)(C)C. The van der Waals surface area contributed by atoms with Gasteiger partial charge in [0.15, 0.2) is 17.5 Å². The molecule has 1 aromatic carbocycles. The van der Waals surface area contributed by atoms with Crippen molar-refractivity contribution >= 4 is 5.96 Å². The van der Waals surface area contributed by atoms with Crippen LogP contribution in [0.5, 0.6) is 11.5 Å². The molecule has 0 aromatic heterocycles. The van der Waals surface area contributed by atoms with E-state index < -0.39 is 0 Å². The molecule has 0 saturated carbocycles. The lowest BCUT2D eigenvalue weighted by Crippen LogP contribution is -2.45. The summed E-state index contributed by atoms with van der Waals surface area (Å²) < 4.78 is 16.6. The van der Waals surface area contributed by atoms with Gasteiger partial charge < -0.3 is 24.8 Å². The summed E-state index contributed by atoms with van der Waals surface area (Å²) in [7, 11) is 3.39. The first-order chi connectivity index (χ1) is 12.3. The Balaban J connectivity index is 2.81. The maximum absolute atomic E-state index is 5.63. The van der Waals surface area contributed by atoms with Gasteiger partial charge in [0, 0.05) is 20.2 Å². The quantitative estimate of drug-likeness (QED) is 0.520. The maximum Gasteiger partial charge on any atom is 0.191 e. The molecule has 2 N–H and O–H groups in total. The molecule has 1 atom stereocenters. The molecule has 0 radical (unpaired) electrons. The molecule has 0 aliphatic carbocycles. The lowest BCUT2D eigenvalue weighted by Gasteiger charge is -2.30. The van der Waals surface area contributed by atoms with Gasteiger partial charge in [-0.3, -0.25) is 0 Å². The Morgan fingerprint density at radius 3 is 2.38 bits per heavy atom. The number of benzene rings is 1. The molecule has 148 valence electrons. The molecule has 6 heteroatoms. The van der Waals surface area contributed by atoms with Gasteiger partial charge in [0.05, 0.1) is 26.4 Å². The fourth-order valence-corrected chi connectivity index (χ4v) is 2.53. The van der Waals surface area contributed by atoms with E-state index in [1.165, 1.54) is 0 Å². The number of guanidine groups is 1. The molecule has 6 nitrogen and oxygen atoms in total. The molecule has 0 spiro atoms. The van der Waals surface area contributed by atoms with Gasteiger partial charge >= 0.3 is 0 Å². The molecular formula is C20H35N3O3. The van der Waals surface area contributed by atoms with Crippen LogP contribution in [0.2, 0.25) is 0 Å². The number of nitrogens with one attached hydrogen (secondary N) is 2. The lowest BCUT2D eigenvalue weighted by molar-refractivity contribution is 0.0205. The first kappa shape index (κ1) is 22.1. The second kappa shape index (κ2) is 10.9. The number of methoxy groups -OCH3 is 2. The smallest absolute Gasteiger partial charge is 0.191 e. The first-order valence-corrected chi connectivity index (χ1v) is 9.20. The van der Waals surface area contributed by atoms with E-state index in [4.69, 9.17) is 14.2 Å². The highest BCUT2D eigenvalue weighted by Gasteiger charge is 2.24. The van der Waals surface area contributed by atoms with Crippen LogP contribution in [-0.4, -0.2) is 46.0 Å². The average Bonchev–Trinajstić information content (AvgIpc) is 2.59. The normalized spacial score (nSPS) is 13.3. The van der Waals surface area contributed by atoms with Gasteiger partial charge in [0.2, 0.25) is 0 Å². The van der Waals surface area contributed by atoms with Crippen molar-refractivity contribution in [2.45, 2.75) is 47.3 Å². The molecule has 0 aliphatic rings. The molecule has 0 bridgehead atoms. The van der Waals surface area contributed by atoms with Crippen molar-refractivity contribution in [2.75, 3.05) is 33.9 Å². The molecule has 0 aliphatic heterocycles. The van der Waals surface area contributed by atoms with E-state index in [0.29, 0.717) is 19.7 Å². The standard InChI is InChI=1S/C20H35N3O3/c1-8-21-19(23-14-18(25-7)20(3,4)5)22-13-15-10-11-16(24-6)17(12-15)26-9-2/h10-12,18H,8-9,13-14H2,1-7H3,(H2,21,22,23). The second-order valence-corrected chi connectivity index (χ2v) is 7.08. The summed E-state index contributed by atoms with van der Waals surface area (Å²) in [5, 5.41) is 6.64. The Morgan fingerprint density at radius 2 is 1.85 bits per heavy atom. The van der Waals surface area contributed by atoms with Crippen molar-refractivity contribution in [3.63, 3.8) is 0 Å². The number of rotatable bonds is 9. The maximum atomic E-state index is 5.63. The van der Waals surface area contributed by atoms with Crippen molar-refractivity contribution in [1.29, 1.82) is 0 Å². The molecule has 1 aromatic rings. The predicted molar refractivity (Wildman–Crippen MR) is 107 cm³/mol. The minimum absolute atomic E-state index is 0.0570.